The fourth-order valence-electron chi connectivity index (χ4n) is 2.81. The Morgan fingerprint density at radius 2 is 2.10 bits per heavy atom. The maximum atomic E-state index is 11.9. The maximum Gasteiger partial charge on any atom is 0.238 e. The molecule has 3 aromatic rings. The normalized spacial score (nSPS) is 19.2. The number of rotatable bonds is 2. The first-order valence-corrected chi connectivity index (χ1v) is 7.16. The van der Waals surface area contributed by atoms with E-state index in [1.54, 1.807) is 0 Å². The van der Waals surface area contributed by atoms with Crippen LogP contribution in [0, 0.1) is 0 Å². The van der Waals surface area contributed by atoms with Crippen molar-refractivity contribution in [2.75, 3.05) is 0 Å². The summed E-state index contributed by atoms with van der Waals surface area (Å²) in [6.45, 7) is 0. The third-order valence-corrected chi connectivity index (χ3v) is 3.94. The number of Topliss-reactive ketones (excluding diaryl/α,β-unsaturated/α-hetero) is 1. The Hall–Kier alpha value is -2.43. The molecular formula is C16H14N2O3. The van der Waals surface area contributed by atoms with E-state index in [9.17, 15) is 4.79 Å². The van der Waals surface area contributed by atoms with Crippen molar-refractivity contribution in [3.05, 3.63) is 36.2 Å². The largest absolute Gasteiger partial charge is 0.453 e. The Morgan fingerprint density at radius 1 is 1.19 bits per heavy atom. The molecular weight excluding hydrogens is 268 g/mol. The number of ketones is 1. The second-order valence-electron chi connectivity index (χ2n) is 5.37. The molecule has 0 N–H and O–H groups in total. The molecule has 0 aliphatic heterocycles. The molecule has 5 heteroatoms. The average molecular weight is 282 g/mol. The fourth-order valence-corrected chi connectivity index (χ4v) is 2.81. The lowest BCUT2D eigenvalue weighted by atomic mass is 9.88. The third-order valence-electron chi connectivity index (χ3n) is 3.94. The minimum atomic E-state index is -0.246. The second-order valence-corrected chi connectivity index (χ2v) is 5.37. The summed E-state index contributed by atoms with van der Waals surface area (Å²) in [7, 11) is 0. The number of fused-ring (bicyclic) bond motifs is 1. The highest BCUT2D eigenvalue weighted by molar-refractivity contribution is 5.85. The van der Waals surface area contributed by atoms with Gasteiger partial charge in [0, 0.05) is 11.8 Å². The zero-order chi connectivity index (χ0) is 14.2. The highest BCUT2D eigenvalue weighted by Gasteiger charge is 2.29. The van der Waals surface area contributed by atoms with Crippen LogP contribution in [0.3, 0.4) is 0 Å². The van der Waals surface area contributed by atoms with Gasteiger partial charge >= 0.3 is 0 Å². The molecule has 21 heavy (non-hydrogen) atoms. The molecule has 0 radical (unpaired) electrons. The van der Waals surface area contributed by atoms with Crippen LogP contribution in [0.1, 0.15) is 37.5 Å². The van der Waals surface area contributed by atoms with Gasteiger partial charge in [0.25, 0.3) is 0 Å². The van der Waals surface area contributed by atoms with E-state index in [2.05, 4.69) is 10.1 Å². The van der Waals surface area contributed by atoms with Gasteiger partial charge in [-0.05, 0) is 25.0 Å². The molecule has 0 saturated heterocycles. The number of hydrogen-bond donors (Lipinski definition) is 0. The molecule has 1 aromatic carbocycles. The van der Waals surface area contributed by atoms with Crippen LogP contribution in [0.25, 0.3) is 22.6 Å². The van der Waals surface area contributed by atoms with Crippen LogP contribution in [0.2, 0.25) is 0 Å². The Balaban J connectivity index is 1.68. The number of benzene rings is 1. The highest BCUT2D eigenvalue weighted by Crippen LogP contribution is 2.31. The van der Waals surface area contributed by atoms with Crippen molar-refractivity contribution in [2.24, 2.45) is 0 Å². The van der Waals surface area contributed by atoms with Crippen LogP contribution >= 0.6 is 0 Å². The van der Waals surface area contributed by atoms with Crippen LogP contribution in [-0.4, -0.2) is 15.9 Å². The summed E-state index contributed by atoms with van der Waals surface area (Å²) in [6.07, 6.45) is 3.38. The number of nitrogens with zero attached hydrogens (tertiary/aromatic N) is 2. The molecule has 5 nitrogen and oxygen atoms in total. The Labute approximate surface area is 120 Å². The van der Waals surface area contributed by atoms with Crippen LogP contribution in [-0.2, 0) is 4.79 Å². The van der Waals surface area contributed by atoms with E-state index in [1.807, 2.05) is 30.3 Å². The van der Waals surface area contributed by atoms with E-state index in [0.717, 1.165) is 30.2 Å². The molecule has 0 amide bonds. The molecule has 1 aliphatic carbocycles. The van der Waals surface area contributed by atoms with Crippen molar-refractivity contribution in [3.63, 3.8) is 0 Å². The molecule has 2 aromatic heterocycles. The maximum absolute atomic E-state index is 11.9. The lowest BCUT2D eigenvalue weighted by Crippen LogP contribution is -2.17. The quantitative estimate of drug-likeness (QED) is 0.716. The Bertz CT molecular complexity index is 770. The Kier molecular flexibility index (Phi) is 2.84. The summed E-state index contributed by atoms with van der Waals surface area (Å²) in [5.74, 6) is 1.33. The monoisotopic (exact) mass is 282 g/mol. The van der Waals surface area contributed by atoms with Crippen molar-refractivity contribution >= 4 is 16.8 Å². The Morgan fingerprint density at radius 3 is 2.95 bits per heavy atom. The molecule has 106 valence electrons. The molecule has 4 rings (SSSR count). The smallest absolute Gasteiger partial charge is 0.238 e. The van der Waals surface area contributed by atoms with Gasteiger partial charge in [-0.3, -0.25) is 4.79 Å². The topological polar surface area (TPSA) is 69.1 Å². The first-order valence-electron chi connectivity index (χ1n) is 7.16. The summed E-state index contributed by atoms with van der Waals surface area (Å²) < 4.78 is 11.0. The molecule has 1 aliphatic rings. The van der Waals surface area contributed by atoms with E-state index in [0.29, 0.717) is 23.9 Å². The number of furan rings is 1. The first kappa shape index (κ1) is 12.3. The number of carbonyl (C=O) groups is 1. The molecule has 0 spiro atoms. The minimum Gasteiger partial charge on any atom is -0.453 e. The number of carbonyl (C=O) groups excluding carboxylic acids is 1. The van der Waals surface area contributed by atoms with Crippen LogP contribution in [0.15, 0.2) is 39.3 Å². The van der Waals surface area contributed by atoms with Gasteiger partial charge in [0.1, 0.15) is 11.4 Å². The van der Waals surface area contributed by atoms with Gasteiger partial charge in [-0.15, -0.1) is 0 Å². The third kappa shape index (κ3) is 2.14. The predicted molar refractivity (Wildman–Crippen MR) is 75.7 cm³/mol. The lowest BCUT2D eigenvalue weighted by Gasteiger charge is -2.16. The molecule has 1 atom stereocenters. The predicted octanol–water partition coefficient (Wildman–Crippen LogP) is 3.71. The highest BCUT2D eigenvalue weighted by atomic mass is 16.5. The zero-order valence-corrected chi connectivity index (χ0v) is 11.4. The standard InChI is InChI=1S/C16H14N2O3/c19-12-7-3-2-6-11(12)16-17-15(18-21-16)14-9-10-5-1-4-8-13(10)20-14/h1,4-5,8-9,11H,2-3,6-7H2. The molecule has 1 unspecified atom stereocenters. The van der Waals surface area contributed by atoms with E-state index in [-0.39, 0.29) is 11.7 Å². The molecule has 0 bridgehead atoms. The SMILES string of the molecule is O=C1CCCCC1c1nc(-c2cc3ccccc3o2)no1. The van der Waals surface area contributed by atoms with Gasteiger partial charge in [-0.1, -0.05) is 29.8 Å². The van der Waals surface area contributed by atoms with E-state index < -0.39 is 0 Å². The summed E-state index contributed by atoms with van der Waals surface area (Å²) in [4.78, 5) is 16.3. The summed E-state index contributed by atoms with van der Waals surface area (Å²) >= 11 is 0. The van der Waals surface area contributed by atoms with Crippen molar-refractivity contribution in [1.82, 2.24) is 10.1 Å². The van der Waals surface area contributed by atoms with Crippen molar-refractivity contribution in [1.29, 1.82) is 0 Å². The molecule has 1 fully saturated rings. The van der Waals surface area contributed by atoms with Gasteiger partial charge in [0.05, 0.1) is 5.92 Å². The average Bonchev–Trinajstić information content (AvgIpc) is 3.14. The van der Waals surface area contributed by atoms with Crippen molar-refractivity contribution < 1.29 is 13.7 Å². The first-order chi connectivity index (χ1) is 10.3. The van der Waals surface area contributed by atoms with Gasteiger partial charge < -0.3 is 8.94 Å². The van der Waals surface area contributed by atoms with E-state index in [1.165, 1.54) is 0 Å². The van der Waals surface area contributed by atoms with Gasteiger partial charge in [-0.2, -0.15) is 4.98 Å². The molecule has 2 heterocycles. The van der Waals surface area contributed by atoms with Crippen molar-refractivity contribution in [3.8, 4) is 11.6 Å². The van der Waals surface area contributed by atoms with Gasteiger partial charge in [-0.25, -0.2) is 0 Å². The number of hydrogen-bond acceptors (Lipinski definition) is 5. The van der Waals surface area contributed by atoms with Crippen molar-refractivity contribution in [2.45, 2.75) is 31.6 Å². The number of aromatic nitrogens is 2. The molecule has 1 saturated carbocycles. The van der Waals surface area contributed by atoms with E-state index >= 15 is 0 Å². The second kappa shape index (κ2) is 4.84. The van der Waals surface area contributed by atoms with Crippen LogP contribution in [0.4, 0.5) is 0 Å². The summed E-state index contributed by atoms with van der Waals surface area (Å²) in [6, 6.07) is 9.60. The van der Waals surface area contributed by atoms with E-state index in [4.69, 9.17) is 8.94 Å². The van der Waals surface area contributed by atoms with Crippen LogP contribution in [0.5, 0.6) is 0 Å². The van der Waals surface area contributed by atoms with Crippen LogP contribution < -0.4 is 0 Å². The number of para-hydroxylation sites is 1. The zero-order valence-electron chi connectivity index (χ0n) is 11.4. The lowest BCUT2D eigenvalue weighted by molar-refractivity contribution is -0.122. The minimum absolute atomic E-state index is 0.195. The summed E-state index contributed by atoms with van der Waals surface area (Å²) in [5.41, 5.74) is 0.785. The van der Waals surface area contributed by atoms with Gasteiger partial charge in [0.15, 0.2) is 5.76 Å². The fraction of sp³-hybridized carbons (Fsp3) is 0.312. The van der Waals surface area contributed by atoms with Gasteiger partial charge in [0.2, 0.25) is 11.7 Å². The summed E-state index contributed by atoms with van der Waals surface area (Å²) in [5, 5.41) is 4.95.